The fraction of sp³-hybridized carbons (Fsp3) is 0.381. The monoisotopic (exact) mass is 354 g/mol. The minimum atomic E-state index is 0.620. The van der Waals surface area contributed by atoms with Crippen LogP contribution in [-0.2, 0) is 6.54 Å². The molecule has 0 amide bonds. The second-order valence-corrected chi connectivity index (χ2v) is 7.57. The average molecular weight is 355 g/mol. The fourth-order valence-electron chi connectivity index (χ4n) is 3.81. The lowest BCUT2D eigenvalue weighted by Crippen LogP contribution is -2.42. The smallest absolute Gasteiger partial charge is 0.227 e. The molecule has 0 radical (unpaired) electrons. The van der Waals surface area contributed by atoms with E-state index in [4.69, 9.17) is 16.0 Å². The highest BCUT2D eigenvalue weighted by molar-refractivity contribution is 6.30. The number of hydrogen-bond acceptors (Lipinski definition) is 3. The van der Waals surface area contributed by atoms with Crippen LogP contribution in [0.15, 0.2) is 46.9 Å². The van der Waals surface area contributed by atoms with E-state index in [0.717, 1.165) is 23.2 Å². The Hall–Kier alpha value is -1.84. The highest BCUT2D eigenvalue weighted by atomic mass is 35.5. The standard InChI is InChI=1S/C21H23ClN2O/c1-14-5-3-6-15(2)24(14)13-16-9-10-20-19(11-16)23-21(25-20)17-7-4-8-18(22)12-17/h4,7-12,14-15H,3,5-6,13H2,1-2H3. The van der Waals surface area contributed by atoms with Crippen molar-refractivity contribution >= 4 is 22.7 Å². The van der Waals surface area contributed by atoms with Gasteiger partial charge in [-0.1, -0.05) is 30.2 Å². The van der Waals surface area contributed by atoms with Gasteiger partial charge in [0.2, 0.25) is 5.89 Å². The van der Waals surface area contributed by atoms with Crippen LogP contribution in [0.4, 0.5) is 0 Å². The van der Waals surface area contributed by atoms with E-state index in [-0.39, 0.29) is 0 Å². The van der Waals surface area contributed by atoms with Gasteiger partial charge in [-0.05, 0) is 62.6 Å². The lowest BCUT2D eigenvalue weighted by Gasteiger charge is -2.39. The Morgan fingerprint density at radius 3 is 2.68 bits per heavy atom. The number of oxazole rings is 1. The number of piperidine rings is 1. The minimum Gasteiger partial charge on any atom is -0.436 e. The van der Waals surface area contributed by atoms with Crippen molar-refractivity contribution in [2.75, 3.05) is 0 Å². The Morgan fingerprint density at radius 2 is 1.92 bits per heavy atom. The Labute approximate surface area is 153 Å². The maximum Gasteiger partial charge on any atom is 0.227 e. The largest absolute Gasteiger partial charge is 0.436 e. The summed E-state index contributed by atoms with van der Waals surface area (Å²) < 4.78 is 5.91. The summed E-state index contributed by atoms with van der Waals surface area (Å²) in [5.41, 5.74) is 3.92. The normalized spacial score (nSPS) is 21.7. The molecule has 1 aromatic heterocycles. The molecule has 1 fully saturated rings. The number of fused-ring (bicyclic) bond motifs is 1. The summed E-state index contributed by atoms with van der Waals surface area (Å²) in [6.07, 6.45) is 3.91. The van der Waals surface area contributed by atoms with Gasteiger partial charge in [-0.2, -0.15) is 0 Å². The Balaban J connectivity index is 1.62. The molecule has 0 N–H and O–H groups in total. The zero-order chi connectivity index (χ0) is 17.4. The molecule has 130 valence electrons. The SMILES string of the molecule is CC1CCCC(C)N1Cc1ccc2oc(-c3cccc(Cl)c3)nc2c1. The Morgan fingerprint density at radius 1 is 1.12 bits per heavy atom. The van der Waals surface area contributed by atoms with Crippen molar-refractivity contribution in [2.24, 2.45) is 0 Å². The van der Waals surface area contributed by atoms with Crippen LogP contribution < -0.4 is 0 Å². The second-order valence-electron chi connectivity index (χ2n) is 7.13. The number of benzene rings is 2. The number of aromatic nitrogens is 1. The highest BCUT2D eigenvalue weighted by Gasteiger charge is 2.24. The molecular weight excluding hydrogens is 332 g/mol. The first-order valence-corrected chi connectivity index (χ1v) is 9.39. The summed E-state index contributed by atoms with van der Waals surface area (Å²) in [7, 11) is 0. The molecule has 2 aromatic carbocycles. The van der Waals surface area contributed by atoms with Gasteiger partial charge in [-0.25, -0.2) is 4.98 Å². The van der Waals surface area contributed by atoms with Crippen LogP contribution in [0, 0.1) is 0 Å². The maximum atomic E-state index is 6.08. The first-order chi connectivity index (χ1) is 12.1. The van der Waals surface area contributed by atoms with E-state index < -0.39 is 0 Å². The number of hydrogen-bond donors (Lipinski definition) is 0. The topological polar surface area (TPSA) is 29.3 Å². The number of halogens is 1. The Bertz CT molecular complexity index is 878. The van der Waals surface area contributed by atoms with Gasteiger partial charge in [0, 0.05) is 29.2 Å². The van der Waals surface area contributed by atoms with Gasteiger partial charge in [0.1, 0.15) is 5.52 Å². The summed E-state index contributed by atoms with van der Waals surface area (Å²) in [5, 5.41) is 0.688. The van der Waals surface area contributed by atoms with Crippen LogP contribution in [0.1, 0.15) is 38.7 Å². The molecule has 1 saturated heterocycles. The van der Waals surface area contributed by atoms with Crippen LogP contribution in [0.5, 0.6) is 0 Å². The molecule has 0 bridgehead atoms. The molecule has 2 unspecified atom stereocenters. The molecule has 0 saturated carbocycles. The zero-order valence-electron chi connectivity index (χ0n) is 14.7. The average Bonchev–Trinajstić information content (AvgIpc) is 3.02. The van der Waals surface area contributed by atoms with Crippen molar-refractivity contribution in [1.82, 2.24) is 9.88 Å². The molecule has 3 nitrogen and oxygen atoms in total. The molecule has 25 heavy (non-hydrogen) atoms. The molecule has 4 rings (SSSR count). The Kier molecular flexibility index (Phi) is 4.53. The summed E-state index contributed by atoms with van der Waals surface area (Å²) in [5.74, 6) is 0.620. The first-order valence-electron chi connectivity index (χ1n) is 9.01. The molecular formula is C21H23ClN2O. The van der Waals surface area contributed by atoms with Crippen molar-refractivity contribution in [3.63, 3.8) is 0 Å². The number of nitrogens with zero attached hydrogens (tertiary/aromatic N) is 2. The van der Waals surface area contributed by atoms with Gasteiger partial charge in [-0.3, -0.25) is 4.90 Å². The number of rotatable bonds is 3. The van der Waals surface area contributed by atoms with Crippen LogP contribution in [0.3, 0.4) is 0 Å². The lowest BCUT2D eigenvalue weighted by molar-refractivity contribution is 0.0953. The fourth-order valence-corrected chi connectivity index (χ4v) is 4.00. The van der Waals surface area contributed by atoms with E-state index >= 15 is 0 Å². The van der Waals surface area contributed by atoms with E-state index in [9.17, 15) is 0 Å². The summed E-state index contributed by atoms with van der Waals surface area (Å²) in [4.78, 5) is 7.27. The van der Waals surface area contributed by atoms with Gasteiger partial charge in [-0.15, -0.1) is 0 Å². The predicted molar refractivity (Wildman–Crippen MR) is 103 cm³/mol. The van der Waals surface area contributed by atoms with Crippen LogP contribution in [-0.4, -0.2) is 22.0 Å². The molecule has 4 heteroatoms. The van der Waals surface area contributed by atoms with Crippen molar-refractivity contribution in [3.8, 4) is 11.5 Å². The predicted octanol–water partition coefficient (Wildman–Crippen LogP) is 5.91. The molecule has 3 aromatic rings. The summed E-state index contributed by atoms with van der Waals surface area (Å²) >= 11 is 6.08. The van der Waals surface area contributed by atoms with E-state index in [1.54, 1.807) is 0 Å². The molecule has 0 spiro atoms. The van der Waals surface area contributed by atoms with E-state index in [1.165, 1.54) is 24.8 Å². The third-order valence-electron chi connectivity index (χ3n) is 5.26. The number of likely N-dealkylation sites (tertiary alicyclic amines) is 1. The van der Waals surface area contributed by atoms with Crippen LogP contribution in [0.2, 0.25) is 5.02 Å². The van der Waals surface area contributed by atoms with Gasteiger partial charge in [0.15, 0.2) is 5.58 Å². The zero-order valence-corrected chi connectivity index (χ0v) is 15.5. The van der Waals surface area contributed by atoms with Crippen molar-refractivity contribution < 1.29 is 4.42 Å². The molecule has 2 heterocycles. The van der Waals surface area contributed by atoms with Crippen LogP contribution in [0.25, 0.3) is 22.6 Å². The van der Waals surface area contributed by atoms with Gasteiger partial charge < -0.3 is 4.42 Å². The van der Waals surface area contributed by atoms with Gasteiger partial charge in [0.05, 0.1) is 0 Å². The third kappa shape index (κ3) is 3.44. The van der Waals surface area contributed by atoms with Crippen molar-refractivity contribution in [2.45, 2.75) is 51.7 Å². The van der Waals surface area contributed by atoms with Crippen molar-refractivity contribution in [3.05, 3.63) is 53.1 Å². The van der Waals surface area contributed by atoms with E-state index in [0.29, 0.717) is 23.0 Å². The van der Waals surface area contributed by atoms with Crippen LogP contribution >= 0.6 is 11.6 Å². The molecule has 2 atom stereocenters. The minimum absolute atomic E-state index is 0.620. The van der Waals surface area contributed by atoms with Crippen molar-refractivity contribution in [1.29, 1.82) is 0 Å². The van der Waals surface area contributed by atoms with Gasteiger partial charge >= 0.3 is 0 Å². The summed E-state index contributed by atoms with van der Waals surface area (Å²) in [6, 6.07) is 15.2. The molecule has 1 aliphatic rings. The molecule has 0 aliphatic carbocycles. The molecule has 1 aliphatic heterocycles. The highest BCUT2D eigenvalue weighted by Crippen LogP contribution is 2.28. The quantitative estimate of drug-likeness (QED) is 0.585. The third-order valence-corrected chi connectivity index (χ3v) is 5.50. The first kappa shape index (κ1) is 16.6. The van der Waals surface area contributed by atoms with E-state index in [2.05, 4.69) is 35.9 Å². The van der Waals surface area contributed by atoms with Gasteiger partial charge in [0.25, 0.3) is 0 Å². The lowest BCUT2D eigenvalue weighted by atomic mass is 9.97. The second kappa shape index (κ2) is 6.81. The maximum absolute atomic E-state index is 6.08. The van der Waals surface area contributed by atoms with E-state index in [1.807, 2.05) is 30.3 Å². The summed E-state index contributed by atoms with van der Waals surface area (Å²) in [6.45, 7) is 5.64.